The topological polar surface area (TPSA) is 38.3 Å². The Hall–Kier alpha value is -0.570. The first-order chi connectivity index (χ1) is 7.27. The van der Waals surface area contributed by atoms with E-state index in [-0.39, 0.29) is 11.9 Å². The van der Waals surface area contributed by atoms with E-state index in [0.29, 0.717) is 12.6 Å². The van der Waals surface area contributed by atoms with Crippen molar-refractivity contribution in [2.24, 2.45) is 5.92 Å². The van der Waals surface area contributed by atoms with Crippen molar-refractivity contribution in [3.05, 3.63) is 0 Å². The van der Waals surface area contributed by atoms with E-state index in [4.69, 9.17) is 4.74 Å². The normalized spacial score (nSPS) is 26.3. The second-order valence-corrected chi connectivity index (χ2v) is 4.25. The van der Waals surface area contributed by atoms with Crippen molar-refractivity contribution >= 4 is 5.97 Å². The van der Waals surface area contributed by atoms with Gasteiger partial charge in [0.1, 0.15) is 0 Å². The molecular formula is C12H23NO2. The number of carbonyl (C=O) groups excluding carboxylic acids is 1. The molecule has 0 heterocycles. The monoisotopic (exact) mass is 213 g/mol. The predicted molar refractivity (Wildman–Crippen MR) is 60.7 cm³/mol. The highest BCUT2D eigenvalue weighted by molar-refractivity contribution is 5.72. The summed E-state index contributed by atoms with van der Waals surface area (Å²) < 4.78 is 5.04. The summed E-state index contributed by atoms with van der Waals surface area (Å²) in [6, 6.07) is 0.621. The van der Waals surface area contributed by atoms with Gasteiger partial charge in [0.15, 0.2) is 0 Å². The van der Waals surface area contributed by atoms with E-state index in [1.165, 1.54) is 6.42 Å². The maximum atomic E-state index is 11.5. The summed E-state index contributed by atoms with van der Waals surface area (Å²) >= 11 is 0. The zero-order valence-corrected chi connectivity index (χ0v) is 9.92. The molecule has 15 heavy (non-hydrogen) atoms. The van der Waals surface area contributed by atoms with Crippen LogP contribution in [0.25, 0.3) is 0 Å². The Morgan fingerprint density at radius 2 is 1.93 bits per heavy atom. The van der Waals surface area contributed by atoms with Gasteiger partial charge in [-0.1, -0.05) is 6.92 Å². The molecule has 88 valence electrons. The minimum atomic E-state index is 0.00596. The first-order valence-corrected chi connectivity index (χ1v) is 6.18. The van der Waals surface area contributed by atoms with Crippen molar-refractivity contribution in [3.8, 4) is 0 Å². The third-order valence-electron chi connectivity index (χ3n) is 3.03. The van der Waals surface area contributed by atoms with Crippen LogP contribution >= 0.6 is 0 Å². The summed E-state index contributed by atoms with van der Waals surface area (Å²) in [5.41, 5.74) is 0. The molecular weight excluding hydrogens is 190 g/mol. The molecule has 1 rings (SSSR count). The minimum absolute atomic E-state index is 0.00596. The molecule has 0 amide bonds. The van der Waals surface area contributed by atoms with Crippen LogP contribution in [0.3, 0.4) is 0 Å². The summed E-state index contributed by atoms with van der Waals surface area (Å²) in [6.07, 6.45) is 5.38. The van der Waals surface area contributed by atoms with Gasteiger partial charge in [0.2, 0.25) is 0 Å². The molecule has 0 bridgehead atoms. The Bertz CT molecular complexity index is 186. The zero-order valence-electron chi connectivity index (χ0n) is 9.92. The van der Waals surface area contributed by atoms with Crippen LogP contribution < -0.4 is 5.32 Å². The van der Waals surface area contributed by atoms with Crippen LogP contribution in [0.4, 0.5) is 0 Å². The van der Waals surface area contributed by atoms with Crippen LogP contribution in [0.5, 0.6) is 0 Å². The molecule has 1 saturated carbocycles. The van der Waals surface area contributed by atoms with Crippen LogP contribution in [0.15, 0.2) is 0 Å². The highest BCUT2D eigenvalue weighted by Crippen LogP contribution is 2.25. The maximum Gasteiger partial charge on any atom is 0.308 e. The molecule has 3 nitrogen and oxygen atoms in total. The average molecular weight is 213 g/mol. The van der Waals surface area contributed by atoms with Gasteiger partial charge in [0, 0.05) is 6.04 Å². The Morgan fingerprint density at radius 3 is 2.47 bits per heavy atom. The number of ether oxygens (including phenoxy) is 1. The van der Waals surface area contributed by atoms with Gasteiger partial charge in [-0.25, -0.2) is 0 Å². The van der Waals surface area contributed by atoms with E-state index in [1.807, 2.05) is 6.92 Å². The van der Waals surface area contributed by atoms with Gasteiger partial charge in [-0.3, -0.25) is 4.79 Å². The summed E-state index contributed by atoms with van der Waals surface area (Å²) in [4.78, 5) is 11.5. The van der Waals surface area contributed by atoms with Crippen molar-refractivity contribution in [2.45, 2.75) is 52.0 Å². The molecule has 0 aromatic heterocycles. The van der Waals surface area contributed by atoms with Crippen LogP contribution in [-0.2, 0) is 9.53 Å². The number of hydrogen-bond acceptors (Lipinski definition) is 3. The van der Waals surface area contributed by atoms with Gasteiger partial charge in [0.25, 0.3) is 0 Å². The average Bonchev–Trinajstić information content (AvgIpc) is 2.27. The summed E-state index contributed by atoms with van der Waals surface area (Å²) in [7, 11) is 0. The smallest absolute Gasteiger partial charge is 0.308 e. The summed E-state index contributed by atoms with van der Waals surface area (Å²) in [5.74, 6) is 0.163. The molecule has 0 atom stereocenters. The van der Waals surface area contributed by atoms with E-state index in [9.17, 15) is 4.79 Å². The van der Waals surface area contributed by atoms with Gasteiger partial charge in [-0.05, 0) is 45.6 Å². The molecule has 3 heteroatoms. The van der Waals surface area contributed by atoms with Gasteiger partial charge in [0.05, 0.1) is 12.5 Å². The fourth-order valence-corrected chi connectivity index (χ4v) is 2.14. The Labute approximate surface area is 92.6 Å². The lowest BCUT2D eigenvalue weighted by molar-refractivity contribution is -0.149. The number of nitrogens with one attached hydrogen (secondary N) is 1. The van der Waals surface area contributed by atoms with E-state index < -0.39 is 0 Å². The lowest BCUT2D eigenvalue weighted by Gasteiger charge is -2.27. The van der Waals surface area contributed by atoms with Crippen LogP contribution in [-0.4, -0.2) is 25.2 Å². The zero-order chi connectivity index (χ0) is 11.1. The molecule has 1 aliphatic rings. The summed E-state index contributed by atoms with van der Waals surface area (Å²) in [6.45, 7) is 5.64. The van der Waals surface area contributed by atoms with Crippen molar-refractivity contribution in [1.29, 1.82) is 0 Å². The molecule has 0 aromatic carbocycles. The fraction of sp³-hybridized carbons (Fsp3) is 0.917. The lowest BCUT2D eigenvalue weighted by Crippen LogP contribution is -2.35. The van der Waals surface area contributed by atoms with Gasteiger partial charge in [-0.2, -0.15) is 0 Å². The molecule has 0 aliphatic heterocycles. The number of hydrogen-bond donors (Lipinski definition) is 1. The van der Waals surface area contributed by atoms with Crippen molar-refractivity contribution < 1.29 is 9.53 Å². The third kappa shape index (κ3) is 4.20. The first-order valence-electron chi connectivity index (χ1n) is 6.18. The van der Waals surface area contributed by atoms with E-state index in [2.05, 4.69) is 12.2 Å². The third-order valence-corrected chi connectivity index (χ3v) is 3.03. The minimum Gasteiger partial charge on any atom is -0.466 e. The Balaban J connectivity index is 2.20. The molecule has 1 fully saturated rings. The van der Waals surface area contributed by atoms with Crippen molar-refractivity contribution in [2.75, 3.05) is 13.2 Å². The molecule has 1 N–H and O–H groups in total. The number of esters is 1. The van der Waals surface area contributed by atoms with Crippen molar-refractivity contribution in [1.82, 2.24) is 5.32 Å². The highest BCUT2D eigenvalue weighted by Gasteiger charge is 2.26. The lowest BCUT2D eigenvalue weighted by atomic mass is 9.86. The van der Waals surface area contributed by atoms with E-state index in [0.717, 1.165) is 32.2 Å². The quantitative estimate of drug-likeness (QED) is 0.711. The molecule has 0 saturated heterocycles. The van der Waals surface area contributed by atoms with Gasteiger partial charge >= 0.3 is 5.97 Å². The largest absolute Gasteiger partial charge is 0.466 e. The second kappa shape index (κ2) is 6.83. The van der Waals surface area contributed by atoms with E-state index >= 15 is 0 Å². The Kier molecular flexibility index (Phi) is 5.69. The molecule has 0 aromatic rings. The first kappa shape index (κ1) is 12.5. The molecule has 1 aliphatic carbocycles. The fourth-order valence-electron chi connectivity index (χ4n) is 2.14. The van der Waals surface area contributed by atoms with Crippen LogP contribution in [0, 0.1) is 5.92 Å². The highest BCUT2D eigenvalue weighted by atomic mass is 16.5. The second-order valence-electron chi connectivity index (χ2n) is 4.25. The number of rotatable bonds is 5. The maximum absolute atomic E-state index is 11.5. The van der Waals surface area contributed by atoms with Gasteiger partial charge < -0.3 is 10.1 Å². The Morgan fingerprint density at radius 1 is 1.27 bits per heavy atom. The SMILES string of the molecule is CCCNC1CCC(C(=O)OCC)CC1. The molecule has 0 unspecified atom stereocenters. The molecule has 0 radical (unpaired) electrons. The standard InChI is InChI=1S/C12H23NO2/c1-3-9-13-11-7-5-10(6-8-11)12(14)15-4-2/h10-11,13H,3-9H2,1-2H3. The van der Waals surface area contributed by atoms with Crippen molar-refractivity contribution in [3.63, 3.8) is 0 Å². The summed E-state index contributed by atoms with van der Waals surface area (Å²) in [5, 5.41) is 3.51. The molecule has 0 spiro atoms. The van der Waals surface area contributed by atoms with E-state index in [1.54, 1.807) is 0 Å². The van der Waals surface area contributed by atoms with Gasteiger partial charge in [-0.15, -0.1) is 0 Å². The predicted octanol–water partition coefficient (Wildman–Crippen LogP) is 2.11. The number of carbonyl (C=O) groups is 1. The van der Waals surface area contributed by atoms with Crippen LogP contribution in [0.2, 0.25) is 0 Å². The van der Waals surface area contributed by atoms with Crippen LogP contribution in [0.1, 0.15) is 46.0 Å².